The fraction of sp³-hybridized carbons (Fsp3) is 0.333. The first-order valence-electron chi connectivity index (χ1n) is 9.14. The molecule has 0 aromatic heterocycles. The Kier molecular flexibility index (Phi) is 7.69. The molecule has 2 aromatic carbocycles. The van der Waals surface area contributed by atoms with Gasteiger partial charge in [0, 0.05) is 29.8 Å². The summed E-state index contributed by atoms with van der Waals surface area (Å²) < 4.78 is 5.75. The largest absolute Gasteiger partial charge is 0.457 e. The lowest BCUT2D eigenvalue weighted by Crippen LogP contribution is -2.46. The third-order valence-electron chi connectivity index (χ3n) is 4.77. The van der Waals surface area contributed by atoms with Gasteiger partial charge in [-0.05, 0) is 36.8 Å². The van der Waals surface area contributed by atoms with Crippen LogP contribution in [0.15, 0.2) is 48.5 Å². The highest BCUT2D eigenvalue weighted by atomic mass is 35.5. The summed E-state index contributed by atoms with van der Waals surface area (Å²) in [6.07, 6.45) is 0.562. The topological polar surface area (TPSA) is 46.6 Å². The highest BCUT2D eigenvalue weighted by Gasteiger charge is 2.42. The van der Waals surface area contributed by atoms with Crippen LogP contribution in [0.25, 0.3) is 0 Å². The summed E-state index contributed by atoms with van der Waals surface area (Å²) in [4.78, 5) is 27.2. The fourth-order valence-electron chi connectivity index (χ4n) is 3.46. The van der Waals surface area contributed by atoms with E-state index >= 15 is 0 Å². The zero-order chi connectivity index (χ0) is 21.0. The Morgan fingerprint density at radius 1 is 1.03 bits per heavy atom. The SMILES string of the molecule is O=C(OC1CC(Cl)CC1N(C(=O)CCCl)c1ccccc1)c1ccc(Cl)c(Cl)c1. The van der Waals surface area contributed by atoms with Crippen LogP contribution in [0.2, 0.25) is 10.0 Å². The third kappa shape index (κ3) is 5.37. The molecule has 0 saturated heterocycles. The molecule has 3 unspecified atom stereocenters. The predicted molar refractivity (Wildman–Crippen MR) is 118 cm³/mol. The van der Waals surface area contributed by atoms with Gasteiger partial charge in [-0.2, -0.15) is 0 Å². The molecule has 1 aliphatic rings. The molecule has 4 nitrogen and oxygen atoms in total. The number of para-hydroxylation sites is 1. The monoisotopic (exact) mass is 473 g/mol. The van der Waals surface area contributed by atoms with Crippen molar-refractivity contribution in [2.75, 3.05) is 10.8 Å². The minimum absolute atomic E-state index is 0.141. The number of benzene rings is 2. The van der Waals surface area contributed by atoms with Crippen molar-refractivity contribution in [2.45, 2.75) is 36.8 Å². The summed E-state index contributed by atoms with van der Waals surface area (Å²) in [5.74, 6) is -0.480. The number of hydrogen-bond acceptors (Lipinski definition) is 3. The number of hydrogen-bond donors (Lipinski definition) is 0. The van der Waals surface area contributed by atoms with Gasteiger partial charge in [0.05, 0.1) is 21.7 Å². The first-order valence-corrected chi connectivity index (χ1v) is 10.9. The number of halogens is 4. The van der Waals surface area contributed by atoms with Gasteiger partial charge < -0.3 is 9.64 Å². The zero-order valence-electron chi connectivity index (χ0n) is 15.4. The van der Waals surface area contributed by atoms with Gasteiger partial charge >= 0.3 is 5.97 Å². The van der Waals surface area contributed by atoms with Crippen LogP contribution in [0.3, 0.4) is 0 Å². The van der Waals surface area contributed by atoms with Gasteiger partial charge in [0.25, 0.3) is 0 Å². The fourth-order valence-corrected chi connectivity index (χ4v) is 4.27. The maximum atomic E-state index is 12.8. The van der Waals surface area contributed by atoms with Gasteiger partial charge in [0.15, 0.2) is 0 Å². The van der Waals surface area contributed by atoms with Gasteiger partial charge in [-0.15, -0.1) is 23.2 Å². The Morgan fingerprint density at radius 3 is 2.41 bits per heavy atom. The van der Waals surface area contributed by atoms with Crippen molar-refractivity contribution in [1.29, 1.82) is 0 Å². The third-order valence-corrected chi connectivity index (χ3v) is 6.06. The smallest absolute Gasteiger partial charge is 0.338 e. The van der Waals surface area contributed by atoms with Crippen molar-refractivity contribution in [1.82, 2.24) is 0 Å². The van der Waals surface area contributed by atoms with Gasteiger partial charge in [0.1, 0.15) is 6.10 Å². The molecule has 0 heterocycles. The summed E-state index contributed by atoms with van der Waals surface area (Å²) in [6.45, 7) is 0. The average molecular weight is 475 g/mol. The molecule has 0 spiro atoms. The van der Waals surface area contributed by atoms with Gasteiger partial charge in [-0.1, -0.05) is 41.4 Å². The van der Waals surface area contributed by atoms with Crippen molar-refractivity contribution in [2.24, 2.45) is 0 Å². The summed E-state index contributed by atoms with van der Waals surface area (Å²) in [6, 6.07) is 13.4. The second kappa shape index (κ2) is 10.0. The van der Waals surface area contributed by atoms with Crippen LogP contribution < -0.4 is 4.90 Å². The number of rotatable bonds is 6. The normalized spacial score (nSPS) is 21.0. The van der Waals surface area contributed by atoms with E-state index in [1.165, 1.54) is 12.1 Å². The molecular weight excluding hydrogens is 456 g/mol. The molecule has 3 rings (SSSR count). The van der Waals surface area contributed by atoms with Crippen molar-refractivity contribution >= 4 is 64.0 Å². The van der Waals surface area contributed by atoms with E-state index in [2.05, 4.69) is 0 Å². The first-order chi connectivity index (χ1) is 13.9. The molecule has 2 aromatic rings. The van der Waals surface area contributed by atoms with Crippen LogP contribution in [-0.4, -0.2) is 35.3 Å². The Bertz CT molecular complexity index is 877. The molecule has 29 heavy (non-hydrogen) atoms. The summed E-state index contributed by atoms with van der Waals surface area (Å²) in [5, 5.41) is 0.397. The van der Waals surface area contributed by atoms with E-state index in [0.717, 1.165) is 0 Å². The van der Waals surface area contributed by atoms with E-state index < -0.39 is 12.1 Å². The molecule has 1 aliphatic carbocycles. The lowest BCUT2D eigenvalue weighted by atomic mass is 10.1. The van der Waals surface area contributed by atoms with E-state index in [9.17, 15) is 9.59 Å². The molecule has 1 amide bonds. The number of nitrogens with zero attached hydrogens (tertiary/aromatic N) is 1. The van der Waals surface area contributed by atoms with Gasteiger partial charge in [-0.25, -0.2) is 4.79 Å². The molecule has 8 heteroatoms. The molecule has 0 radical (unpaired) electrons. The molecule has 1 fully saturated rings. The maximum Gasteiger partial charge on any atom is 0.338 e. The number of carbonyl (C=O) groups excluding carboxylic acids is 2. The Balaban J connectivity index is 1.86. The standard InChI is InChI=1S/C21H19Cl4NO3/c22-9-8-20(27)26(15-4-2-1-3-5-15)18-11-14(23)12-19(18)29-21(28)13-6-7-16(24)17(25)10-13/h1-7,10,14,18-19H,8-9,11-12H2. The van der Waals surface area contributed by atoms with Crippen LogP contribution in [-0.2, 0) is 9.53 Å². The van der Waals surface area contributed by atoms with Gasteiger partial charge in [0.2, 0.25) is 5.91 Å². The molecular formula is C21H19Cl4NO3. The van der Waals surface area contributed by atoms with E-state index in [1.54, 1.807) is 11.0 Å². The minimum atomic E-state index is -0.557. The van der Waals surface area contributed by atoms with E-state index in [-0.39, 0.29) is 40.2 Å². The van der Waals surface area contributed by atoms with E-state index in [0.29, 0.717) is 23.6 Å². The summed E-state index contributed by atoms with van der Waals surface area (Å²) in [7, 11) is 0. The first kappa shape index (κ1) is 22.2. The van der Waals surface area contributed by atoms with Crippen LogP contribution in [0.1, 0.15) is 29.6 Å². The van der Waals surface area contributed by atoms with Crippen LogP contribution in [0, 0.1) is 0 Å². The van der Waals surface area contributed by atoms with Crippen LogP contribution in [0.5, 0.6) is 0 Å². The number of esters is 1. The number of anilines is 1. The number of carbonyl (C=O) groups is 2. The molecule has 0 aliphatic heterocycles. The maximum absolute atomic E-state index is 12.8. The quantitative estimate of drug-likeness (QED) is 0.383. The van der Waals surface area contributed by atoms with Gasteiger partial charge in [-0.3, -0.25) is 4.79 Å². The molecule has 1 saturated carbocycles. The Morgan fingerprint density at radius 2 is 1.76 bits per heavy atom. The summed E-state index contributed by atoms with van der Waals surface area (Å²) in [5.41, 5.74) is 1.00. The minimum Gasteiger partial charge on any atom is -0.457 e. The van der Waals surface area contributed by atoms with Crippen molar-refractivity contribution in [3.63, 3.8) is 0 Å². The second-order valence-corrected chi connectivity index (χ2v) is 8.56. The summed E-state index contributed by atoms with van der Waals surface area (Å²) >= 11 is 24.1. The highest BCUT2D eigenvalue weighted by molar-refractivity contribution is 6.42. The van der Waals surface area contributed by atoms with Crippen LogP contribution >= 0.6 is 46.4 Å². The molecule has 0 N–H and O–H groups in total. The number of ether oxygens (including phenoxy) is 1. The second-order valence-electron chi connectivity index (χ2n) is 6.75. The van der Waals surface area contributed by atoms with Crippen molar-refractivity contribution in [3.8, 4) is 0 Å². The predicted octanol–water partition coefficient (Wildman–Crippen LogP) is 5.95. The average Bonchev–Trinajstić information content (AvgIpc) is 3.04. The Hall–Kier alpha value is -1.46. The van der Waals surface area contributed by atoms with Crippen molar-refractivity contribution in [3.05, 3.63) is 64.1 Å². The van der Waals surface area contributed by atoms with E-state index in [1.807, 2.05) is 30.3 Å². The molecule has 0 bridgehead atoms. The molecule has 3 atom stereocenters. The lowest BCUT2D eigenvalue weighted by Gasteiger charge is -2.33. The highest BCUT2D eigenvalue weighted by Crippen LogP contribution is 2.35. The number of amides is 1. The zero-order valence-corrected chi connectivity index (χ0v) is 18.4. The van der Waals surface area contributed by atoms with Crippen molar-refractivity contribution < 1.29 is 14.3 Å². The Labute approximate surface area is 189 Å². The number of alkyl halides is 2. The lowest BCUT2D eigenvalue weighted by molar-refractivity contribution is -0.119. The van der Waals surface area contributed by atoms with Crippen LogP contribution in [0.4, 0.5) is 5.69 Å². The van der Waals surface area contributed by atoms with E-state index in [4.69, 9.17) is 51.1 Å². The molecule has 154 valence electrons.